The summed E-state index contributed by atoms with van der Waals surface area (Å²) in [6.45, 7) is 30.2. The van der Waals surface area contributed by atoms with Crippen molar-refractivity contribution in [3.8, 4) is 0 Å². The highest BCUT2D eigenvalue weighted by atomic mass is 35.5. The second-order valence-corrected chi connectivity index (χ2v) is 18.8. The molecular weight excluding hydrogens is 922 g/mol. The minimum atomic E-state index is -0.998. The van der Waals surface area contributed by atoms with Gasteiger partial charge in [0.05, 0.1) is 17.9 Å². The third-order valence-corrected chi connectivity index (χ3v) is 9.10. The molecule has 0 fully saturated rings. The van der Waals surface area contributed by atoms with E-state index < -0.39 is 46.5 Å². The molecule has 0 aliphatic rings. The van der Waals surface area contributed by atoms with Crippen LogP contribution in [0.4, 0.5) is 53.9 Å². The monoisotopic (exact) mass is 1000 g/mol. The van der Waals surface area contributed by atoms with Crippen LogP contribution in [0.15, 0.2) is 48.5 Å². The number of hydrogen-bond acceptors (Lipinski definition) is 6. The van der Waals surface area contributed by atoms with Gasteiger partial charge in [-0.15, -0.1) is 12.4 Å². The Kier molecular flexibility index (Phi) is 27.4. The Hall–Kier alpha value is -5.28. The summed E-state index contributed by atoms with van der Waals surface area (Å²) in [4.78, 5) is 38.5. The minimum absolute atomic E-state index is 0. The Morgan fingerprint density at radius 3 is 1.25 bits per heavy atom. The molecule has 4 aromatic carbocycles. The van der Waals surface area contributed by atoms with Crippen LogP contribution in [0, 0.1) is 73.4 Å². The molecule has 0 bridgehead atoms. The van der Waals surface area contributed by atoms with Crippen LogP contribution in [0.5, 0.6) is 0 Å². The van der Waals surface area contributed by atoms with Crippen molar-refractivity contribution in [3.05, 3.63) is 117 Å². The molecule has 16 heteroatoms. The second-order valence-electron chi connectivity index (χ2n) is 18.8. The van der Waals surface area contributed by atoms with Gasteiger partial charge >= 0.3 is 6.09 Å². The lowest BCUT2D eigenvalue weighted by Crippen LogP contribution is -2.38. The maximum Gasteiger partial charge on any atom is 0.415 e. The number of halogens is 7. The normalized spacial score (nSPS) is 10.9. The van der Waals surface area contributed by atoms with E-state index in [1.807, 2.05) is 55.4 Å². The zero-order chi connectivity index (χ0) is 53.8. The van der Waals surface area contributed by atoms with Crippen LogP contribution in [-0.4, -0.2) is 35.2 Å². The van der Waals surface area contributed by atoms with Crippen molar-refractivity contribution in [3.63, 3.8) is 0 Å². The fourth-order valence-corrected chi connectivity index (χ4v) is 6.14. The maximum atomic E-state index is 15.6. The molecule has 0 radical (unpaired) electrons. The Labute approximate surface area is 415 Å². The zero-order valence-corrected chi connectivity index (χ0v) is 44.4. The SMILES string of the molecule is CC.CCO.Cc1c(F)c(N(Cc2ccc(F)cc2)C(=O)OC(C)(C)C)c(F)c(C)c1NC(=O)CC(C)(C)C.Cc1c(F)c(NCc2ccc(F)cc2)c(F)c(C)c1NC(=O)CC(C)(C)C.Cl.[2H]CC. The van der Waals surface area contributed by atoms with E-state index in [1.165, 1.54) is 64.1 Å². The number of anilines is 4. The lowest BCUT2D eigenvalue weighted by Gasteiger charge is -2.29. The van der Waals surface area contributed by atoms with E-state index in [4.69, 9.17) is 11.2 Å². The van der Waals surface area contributed by atoms with E-state index in [0.29, 0.717) is 18.0 Å². The number of carbonyl (C=O) groups excluding carboxylic acids is 3. The maximum absolute atomic E-state index is 15.6. The minimum Gasteiger partial charge on any atom is -0.443 e. The summed E-state index contributed by atoms with van der Waals surface area (Å²) in [6.07, 6.45) is -0.566. The van der Waals surface area contributed by atoms with Gasteiger partial charge in [-0.3, -0.25) is 14.5 Å². The number of hydrogen-bond donors (Lipinski definition) is 4. The Balaban J connectivity index is 0. The second kappa shape index (κ2) is 29.7. The molecule has 0 aliphatic carbocycles. The highest BCUT2D eigenvalue weighted by Crippen LogP contribution is 2.38. The predicted molar refractivity (Wildman–Crippen MR) is 272 cm³/mol. The van der Waals surface area contributed by atoms with Crippen LogP contribution >= 0.6 is 12.4 Å². The van der Waals surface area contributed by atoms with Gasteiger partial charge in [-0.1, -0.05) is 93.5 Å². The quantitative estimate of drug-likeness (QED) is 0.118. The smallest absolute Gasteiger partial charge is 0.415 e. The fourth-order valence-electron chi connectivity index (χ4n) is 6.14. The molecule has 388 valence electrons. The summed E-state index contributed by atoms with van der Waals surface area (Å²) in [6, 6.07) is 10.9. The molecule has 9 nitrogen and oxygen atoms in total. The van der Waals surface area contributed by atoms with Crippen LogP contribution in [0.1, 0.15) is 145 Å². The summed E-state index contributed by atoms with van der Waals surface area (Å²) in [5.74, 6) is -5.04. The number of aliphatic hydroxyl groups is 1. The largest absolute Gasteiger partial charge is 0.443 e. The van der Waals surface area contributed by atoms with Crippen molar-refractivity contribution < 1.29 is 51.9 Å². The number of rotatable bonds is 10. The van der Waals surface area contributed by atoms with Crippen molar-refractivity contribution in [2.45, 2.75) is 156 Å². The number of carbonyl (C=O) groups is 3. The lowest BCUT2D eigenvalue weighted by atomic mass is 9.91. The van der Waals surface area contributed by atoms with Crippen LogP contribution in [-0.2, 0) is 27.4 Å². The number of nitrogens with zero attached hydrogens (tertiary/aromatic N) is 1. The fraction of sp³-hybridized carbons (Fsp3) is 0.491. The molecular formula is C53H77ClF6N4O5. The van der Waals surface area contributed by atoms with E-state index >= 15 is 8.78 Å². The van der Waals surface area contributed by atoms with E-state index in [1.54, 1.807) is 46.8 Å². The third kappa shape index (κ3) is 21.9. The van der Waals surface area contributed by atoms with Gasteiger partial charge < -0.3 is 25.8 Å². The molecule has 69 heavy (non-hydrogen) atoms. The number of aliphatic hydroxyl groups excluding tert-OH is 1. The molecule has 0 saturated heterocycles. The number of benzene rings is 4. The first-order valence-corrected chi connectivity index (χ1v) is 22.5. The standard InChI is InChI=1S/C26H33F3N2O3.C21H25F3N2O.C2H6O.2C2H6.ClH/c1-15-20(28)23(21(29)16(2)22(15)30-19(32)13-25(3,4)5)31(24(33)34-26(6,7)8)14-17-9-11-18(27)12-10-17;1-12-17(23)20(25-11-14-6-8-15(22)9-7-14)18(24)13(2)19(12)26-16(27)10-21(3,4)5;1-2-3;2*1-2;/h9-12H,13-14H2,1-8H3,(H,30,32);6-9,25H,10-11H2,1-5H3,(H,26,27);3H,2H2,1H3;2*1-2H3;1H/i;;;1D;;. The van der Waals surface area contributed by atoms with Gasteiger partial charge in [0.15, 0.2) is 23.3 Å². The number of amides is 3. The highest BCUT2D eigenvalue weighted by molar-refractivity contribution is 5.95. The average Bonchev–Trinajstić information content (AvgIpc) is 3.23. The summed E-state index contributed by atoms with van der Waals surface area (Å²) >= 11 is 0. The summed E-state index contributed by atoms with van der Waals surface area (Å²) in [5.41, 5.74) is -0.697. The van der Waals surface area contributed by atoms with Crippen molar-refractivity contribution in [1.29, 1.82) is 0 Å². The lowest BCUT2D eigenvalue weighted by molar-refractivity contribution is -0.118. The summed E-state index contributed by atoms with van der Waals surface area (Å²) in [7, 11) is 0. The van der Waals surface area contributed by atoms with Crippen molar-refractivity contribution in [2.75, 3.05) is 27.5 Å². The summed E-state index contributed by atoms with van der Waals surface area (Å²) in [5, 5.41) is 15.5. The van der Waals surface area contributed by atoms with Crippen molar-refractivity contribution in [2.24, 2.45) is 10.8 Å². The van der Waals surface area contributed by atoms with Crippen LogP contribution in [0.2, 0.25) is 0 Å². The Bertz CT molecular complexity index is 2220. The Morgan fingerprint density at radius 1 is 0.609 bits per heavy atom. The van der Waals surface area contributed by atoms with Gasteiger partial charge in [-0.05, 0) is 102 Å². The molecule has 0 heterocycles. The van der Waals surface area contributed by atoms with Crippen LogP contribution in [0.25, 0.3) is 0 Å². The van der Waals surface area contributed by atoms with Gasteiger partial charge in [-0.25, -0.2) is 31.1 Å². The van der Waals surface area contributed by atoms with E-state index in [2.05, 4.69) is 16.0 Å². The van der Waals surface area contributed by atoms with Gasteiger partial charge in [-0.2, -0.15) is 0 Å². The van der Waals surface area contributed by atoms with E-state index in [0.717, 1.165) is 4.90 Å². The number of nitrogens with one attached hydrogen (secondary N) is 3. The topological polar surface area (TPSA) is 120 Å². The molecule has 4 rings (SSSR count). The first-order valence-electron chi connectivity index (χ1n) is 23.2. The van der Waals surface area contributed by atoms with Crippen LogP contribution in [0.3, 0.4) is 0 Å². The van der Waals surface area contributed by atoms with Crippen molar-refractivity contribution in [1.82, 2.24) is 0 Å². The van der Waals surface area contributed by atoms with Gasteiger partial charge in [0, 0.05) is 49.6 Å². The van der Waals surface area contributed by atoms with Gasteiger partial charge in [0.1, 0.15) is 28.6 Å². The summed E-state index contributed by atoms with van der Waals surface area (Å²) < 4.78 is 98.6. The molecule has 4 N–H and O–H groups in total. The average molecular weight is 1000 g/mol. The molecule has 4 aromatic rings. The molecule has 0 aromatic heterocycles. The number of ether oxygens (including phenoxy) is 1. The van der Waals surface area contributed by atoms with E-state index in [9.17, 15) is 31.9 Å². The molecule has 0 unspecified atom stereocenters. The molecule has 0 spiro atoms. The van der Waals surface area contributed by atoms with Gasteiger partial charge in [0.2, 0.25) is 11.8 Å². The third-order valence-electron chi connectivity index (χ3n) is 9.10. The molecule has 0 saturated carbocycles. The van der Waals surface area contributed by atoms with Gasteiger partial charge in [0.25, 0.3) is 0 Å². The molecule has 0 atom stereocenters. The molecule has 0 aliphatic heterocycles. The first-order chi connectivity index (χ1) is 31.8. The Morgan fingerprint density at radius 2 is 0.928 bits per heavy atom. The highest BCUT2D eigenvalue weighted by Gasteiger charge is 2.32. The van der Waals surface area contributed by atoms with E-state index in [-0.39, 0.29) is 113 Å². The van der Waals surface area contributed by atoms with Crippen molar-refractivity contribution >= 4 is 53.1 Å². The molecule has 3 amide bonds. The first kappa shape index (κ1) is 63.7. The predicted octanol–water partition coefficient (Wildman–Crippen LogP) is 15.2. The zero-order valence-electron chi connectivity index (χ0n) is 44.6. The van der Waals surface area contributed by atoms with Crippen LogP contribution < -0.4 is 20.9 Å².